The molecule has 0 heterocycles. The number of hydrogen-bond donors (Lipinski definition) is 0. The summed E-state index contributed by atoms with van der Waals surface area (Å²) in [6.07, 6.45) is 0. The molecule has 54 valence electrons. The molecule has 0 aromatic carbocycles. The maximum Gasteiger partial charge on any atom is 0.331 e. The molecule has 0 spiro atoms. The number of alkyl halides is 2. The molecule has 0 saturated carbocycles. The van der Waals surface area contributed by atoms with Crippen LogP contribution in [0.3, 0.4) is 0 Å². The number of methoxy groups -OCH3 is 1. The molecule has 9 heavy (non-hydrogen) atoms. The van der Waals surface area contributed by atoms with Crippen LogP contribution in [0.25, 0.3) is 0 Å². The largest absolute Gasteiger partial charge is 0.467 e. The molecular weight excluding hydrogens is 167 g/mol. The van der Waals surface area contributed by atoms with Gasteiger partial charge in [-0.05, 0) is 0 Å². The molecule has 0 saturated heterocycles. The lowest BCUT2D eigenvalue weighted by molar-refractivity contribution is -0.145. The van der Waals surface area contributed by atoms with Crippen molar-refractivity contribution in [1.82, 2.24) is 0 Å². The van der Waals surface area contributed by atoms with E-state index in [4.69, 9.17) is 23.2 Å². The fourth-order valence-corrected chi connectivity index (χ4v) is 0.316. The molecule has 0 N–H and O–H groups in total. The van der Waals surface area contributed by atoms with Gasteiger partial charge in [0, 0.05) is 0 Å². The van der Waals surface area contributed by atoms with Crippen LogP contribution in [-0.4, -0.2) is 24.7 Å². The fourth-order valence-electron chi connectivity index (χ4n) is 0.190. The average molecular weight is 173 g/mol. The Balaban J connectivity index is 3.17. The third kappa shape index (κ3) is 5.89. The minimum atomic E-state index is -0.968. The second-order valence-electron chi connectivity index (χ2n) is 1.15. The van der Waals surface area contributed by atoms with Gasteiger partial charge in [0.05, 0.1) is 7.11 Å². The van der Waals surface area contributed by atoms with Crippen LogP contribution in [0.1, 0.15) is 0 Å². The van der Waals surface area contributed by atoms with Gasteiger partial charge >= 0.3 is 5.97 Å². The molecule has 0 aliphatic carbocycles. The van der Waals surface area contributed by atoms with Crippen LogP contribution in [0.4, 0.5) is 0 Å². The van der Waals surface area contributed by atoms with Gasteiger partial charge in [-0.15, -0.1) is 0 Å². The number of carbonyl (C=O) groups excluding carboxylic acids is 1. The zero-order valence-electron chi connectivity index (χ0n) is 4.77. The van der Waals surface area contributed by atoms with Gasteiger partial charge in [-0.25, -0.2) is 4.79 Å². The van der Waals surface area contributed by atoms with Crippen LogP contribution >= 0.6 is 23.2 Å². The Bertz CT molecular complexity index is 93.8. The van der Waals surface area contributed by atoms with Crippen LogP contribution in [0.15, 0.2) is 0 Å². The van der Waals surface area contributed by atoms with Crippen molar-refractivity contribution in [2.24, 2.45) is 0 Å². The zero-order valence-corrected chi connectivity index (χ0v) is 6.28. The molecule has 0 aliphatic heterocycles. The second kappa shape index (κ2) is 4.85. The Morgan fingerprint density at radius 3 is 2.56 bits per heavy atom. The quantitative estimate of drug-likeness (QED) is 0.470. The van der Waals surface area contributed by atoms with Gasteiger partial charge in [-0.1, -0.05) is 23.2 Å². The normalized spacial score (nSPS) is 9.78. The van der Waals surface area contributed by atoms with Crippen molar-refractivity contribution in [3.05, 3.63) is 0 Å². The number of hydrogen-bond acceptors (Lipinski definition) is 3. The van der Waals surface area contributed by atoms with E-state index in [1.165, 1.54) is 7.11 Å². The SMILES string of the molecule is COC(=O)COC(Cl)Cl. The summed E-state index contributed by atoms with van der Waals surface area (Å²) >= 11 is 10.2. The third-order valence-electron chi connectivity index (χ3n) is 0.555. The summed E-state index contributed by atoms with van der Waals surface area (Å²) in [6, 6.07) is 0. The number of halogens is 2. The summed E-state index contributed by atoms with van der Waals surface area (Å²) < 4.78 is 8.67. The molecule has 0 amide bonds. The molecule has 0 rings (SSSR count). The lowest BCUT2D eigenvalue weighted by atomic mass is 10.7. The standard InChI is InChI=1S/C4H6Cl2O3/c1-8-3(7)2-9-4(5)6/h4H,2H2,1H3. The highest BCUT2D eigenvalue weighted by Crippen LogP contribution is 2.01. The van der Waals surface area contributed by atoms with E-state index < -0.39 is 11.0 Å². The first kappa shape index (κ1) is 9.01. The van der Waals surface area contributed by atoms with Gasteiger partial charge in [0.15, 0.2) is 0 Å². The minimum absolute atomic E-state index is 0.214. The highest BCUT2D eigenvalue weighted by atomic mass is 35.5. The van der Waals surface area contributed by atoms with Gasteiger partial charge in [0.2, 0.25) is 5.02 Å². The molecule has 0 bridgehead atoms. The van der Waals surface area contributed by atoms with E-state index in [1.54, 1.807) is 0 Å². The van der Waals surface area contributed by atoms with Crippen molar-refractivity contribution in [1.29, 1.82) is 0 Å². The van der Waals surface area contributed by atoms with Gasteiger partial charge in [0.25, 0.3) is 0 Å². The van der Waals surface area contributed by atoms with Gasteiger partial charge in [-0.3, -0.25) is 0 Å². The number of rotatable bonds is 3. The zero-order chi connectivity index (χ0) is 7.28. The van der Waals surface area contributed by atoms with Crippen LogP contribution in [-0.2, 0) is 14.3 Å². The van der Waals surface area contributed by atoms with Gasteiger partial charge in [-0.2, -0.15) is 0 Å². The lowest BCUT2D eigenvalue weighted by Gasteiger charge is -2.00. The molecule has 0 aromatic heterocycles. The molecule has 0 aromatic rings. The van der Waals surface area contributed by atoms with E-state index >= 15 is 0 Å². The van der Waals surface area contributed by atoms with Crippen LogP contribution < -0.4 is 0 Å². The van der Waals surface area contributed by atoms with Crippen molar-refractivity contribution in [3.8, 4) is 0 Å². The van der Waals surface area contributed by atoms with Crippen LogP contribution in [0.2, 0.25) is 0 Å². The smallest absolute Gasteiger partial charge is 0.331 e. The summed E-state index contributed by atoms with van der Waals surface area (Å²) in [6.45, 7) is -0.214. The monoisotopic (exact) mass is 172 g/mol. The molecule has 0 fully saturated rings. The van der Waals surface area contributed by atoms with Crippen molar-refractivity contribution < 1.29 is 14.3 Å². The summed E-state index contributed by atoms with van der Waals surface area (Å²) in [5.41, 5.74) is 0. The van der Waals surface area contributed by atoms with E-state index in [1.807, 2.05) is 0 Å². The van der Waals surface area contributed by atoms with Crippen molar-refractivity contribution >= 4 is 29.2 Å². The van der Waals surface area contributed by atoms with Crippen LogP contribution in [0, 0.1) is 0 Å². The fraction of sp³-hybridized carbons (Fsp3) is 0.750. The summed E-state index contributed by atoms with van der Waals surface area (Å²) in [7, 11) is 1.25. The lowest BCUT2D eigenvalue weighted by Crippen LogP contribution is -2.11. The topological polar surface area (TPSA) is 35.5 Å². The molecule has 0 aliphatic rings. The first-order valence-electron chi connectivity index (χ1n) is 2.13. The summed E-state index contributed by atoms with van der Waals surface area (Å²) in [5.74, 6) is -0.499. The maximum absolute atomic E-state index is 10.3. The summed E-state index contributed by atoms with van der Waals surface area (Å²) in [5, 5.41) is -0.968. The van der Waals surface area contributed by atoms with Crippen molar-refractivity contribution in [2.75, 3.05) is 13.7 Å². The third-order valence-corrected chi connectivity index (χ3v) is 0.807. The van der Waals surface area contributed by atoms with E-state index in [0.29, 0.717) is 0 Å². The first-order chi connectivity index (χ1) is 4.16. The first-order valence-corrected chi connectivity index (χ1v) is 3.00. The van der Waals surface area contributed by atoms with E-state index in [0.717, 1.165) is 0 Å². The minimum Gasteiger partial charge on any atom is -0.467 e. The molecular formula is C4H6Cl2O3. The Morgan fingerprint density at radius 1 is 1.67 bits per heavy atom. The van der Waals surface area contributed by atoms with E-state index in [2.05, 4.69) is 9.47 Å². The molecule has 0 unspecified atom stereocenters. The van der Waals surface area contributed by atoms with E-state index in [-0.39, 0.29) is 6.61 Å². The maximum atomic E-state index is 10.3. The second-order valence-corrected chi connectivity index (χ2v) is 2.16. The van der Waals surface area contributed by atoms with Crippen molar-refractivity contribution in [3.63, 3.8) is 0 Å². The average Bonchev–Trinajstić information content (AvgIpc) is 1.83. The molecule has 0 radical (unpaired) electrons. The predicted octanol–water partition coefficient (Wildman–Crippen LogP) is 0.937. The number of carbonyl (C=O) groups is 1. The Kier molecular flexibility index (Phi) is 4.85. The predicted molar refractivity (Wildman–Crippen MR) is 33.5 cm³/mol. The number of ether oxygens (including phenoxy) is 2. The highest BCUT2D eigenvalue weighted by molar-refractivity contribution is 6.43. The highest BCUT2D eigenvalue weighted by Gasteiger charge is 2.03. The van der Waals surface area contributed by atoms with E-state index in [9.17, 15) is 4.79 Å². The molecule has 3 nitrogen and oxygen atoms in total. The Labute approximate surface area is 62.8 Å². The molecule has 5 heteroatoms. The van der Waals surface area contributed by atoms with Crippen molar-refractivity contribution in [2.45, 2.75) is 5.02 Å². The van der Waals surface area contributed by atoms with Crippen LogP contribution in [0.5, 0.6) is 0 Å². The van der Waals surface area contributed by atoms with Gasteiger partial charge < -0.3 is 9.47 Å². The Morgan fingerprint density at radius 2 is 2.22 bits per heavy atom. The number of esters is 1. The molecule has 0 atom stereocenters. The summed E-state index contributed by atoms with van der Waals surface area (Å²) in [4.78, 5) is 10.3. The Hall–Kier alpha value is 0.01000. The van der Waals surface area contributed by atoms with Gasteiger partial charge in [0.1, 0.15) is 6.61 Å².